The maximum Gasteiger partial charge on any atom is 0.256 e. The number of hydrogen-bond acceptors (Lipinski definition) is 5. The lowest BCUT2D eigenvalue weighted by molar-refractivity contribution is -0.116. The lowest BCUT2D eigenvalue weighted by atomic mass is 10.1. The van der Waals surface area contributed by atoms with E-state index >= 15 is 0 Å². The molecule has 0 saturated carbocycles. The van der Waals surface area contributed by atoms with Gasteiger partial charge in [0.25, 0.3) is 5.91 Å². The first kappa shape index (κ1) is 15.7. The number of nitrogens with zero attached hydrogens (tertiary/aromatic N) is 4. The molecule has 1 aromatic heterocycles. The van der Waals surface area contributed by atoms with E-state index in [1.165, 1.54) is 23.5 Å². The van der Waals surface area contributed by atoms with Gasteiger partial charge in [0.05, 0.1) is 11.2 Å². The number of aromatic nitrogens is 3. The first-order valence-corrected chi connectivity index (χ1v) is 6.86. The van der Waals surface area contributed by atoms with Crippen LogP contribution in [0.2, 0.25) is 5.02 Å². The maximum absolute atomic E-state index is 12.1. The molecule has 8 heteroatoms. The minimum atomic E-state index is -0.461. The molecule has 2 N–H and O–H groups in total. The van der Waals surface area contributed by atoms with Crippen molar-refractivity contribution in [3.8, 4) is 0 Å². The van der Waals surface area contributed by atoms with E-state index in [0.29, 0.717) is 17.1 Å². The number of hydrogen-bond donors (Lipinski definition) is 2. The molecule has 2 aromatic rings. The van der Waals surface area contributed by atoms with Crippen molar-refractivity contribution in [1.29, 1.82) is 0 Å². The van der Waals surface area contributed by atoms with Gasteiger partial charge in [0.2, 0.25) is 0 Å². The van der Waals surface area contributed by atoms with Crippen molar-refractivity contribution in [2.45, 2.75) is 6.92 Å². The Balaban J connectivity index is 2.45. The first-order chi connectivity index (χ1) is 10.6. The normalized spacial score (nSPS) is 12.3. The van der Waals surface area contributed by atoms with Gasteiger partial charge in [-0.25, -0.2) is 4.68 Å². The molecule has 1 aromatic carbocycles. The van der Waals surface area contributed by atoms with Gasteiger partial charge < -0.3 is 10.4 Å². The molecule has 7 nitrogen and oxygen atoms in total. The molecule has 0 fully saturated rings. The highest BCUT2D eigenvalue weighted by Crippen LogP contribution is 2.23. The van der Waals surface area contributed by atoms with Crippen LogP contribution in [0.1, 0.15) is 12.5 Å². The minimum absolute atomic E-state index is 0.0105. The van der Waals surface area contributed by atoms with E-state index in [-0.39, 0.29) is 11.3 Å². The molecular weight excluding hydrogens is 306 g/mol. The van der Waals surface area contributed by atoms with E-state index in [9.17, 15) is 9.90 Å². The summed E-state index contributed by atoms with van der Waals surface area (Å²) < 4.78 is 1.30. The SMILES string of the molecule is CCNC(=O)C(/C=N/n1cnnc1)=C(/O)c1ccccc1Cl. The number of rotatable bonds is 5. The number of benzene rings is 1. The van der Waals surface area contributed by atoms with Crippen LogP contribution < -0.4 is 5.32 Å². The van der Waals surface area contributed by atoms with Gasteiger partial charge in [0.1, 0.15) is 24.0 Å². The van der Waals surface area contributed by atoms with Crippen LogP contribution in [0.4, 0.5) is 0 Å². The summed E-state index contributed by atoms with van der Waals surface area (Å²) in [7, 11) is 0. The average Bonchev–Trinajstić information content (AvgIpc) is 3.01. The number of likely N-dealkylation sites (N-methyl/N-ethyl adjacent to an activating group) is 1. The molecule has 0 atom stereocenters. The molecule has 0 unspecified atom stereocenters. The van der Waals surface area contributed by atoms with Gasteiger partial charge in [-0.2, -0.15) is 5.10 Å². The molecule has 114 valence electrons. The van der Waals surface area contributed by atoms with Crippen LogP contribution in [0.3, 0.4) is 0 Å². The average molecular weight is 320 g/mol. The largest absolute Gasteiger partial charge is 0.506 e. The third kappa shape index (κ3) is 3.70. The number of carbonyl (C=O) groups is 1. The Kier molecular flexibility index (Phi) is 5.26. The predicted molar refractivity (Wildman–Crippen MR) is 83.6 cm³/mol. The molecule has 0 saturated heterocycles. The smallest absolute Gasteiger partial charge is 0.256 e. The van der Waals surface area contributed by atoms with E-state index in [1.54, 1.807) is 31.2 Å². The fourth-order valence-electron chi connectivity index (χ4n) is 1.66. The number of nitrogens with one attached hydrogen (secondary N) is 1. The summed E-state index contributed by atoms with van der Waals surface area (Å²) in [5.41, 5.74) is 0.337. The van der Waals surface area contributed by atoms with Crippen LogP contribution >= 0.6 is 11.6 Å². The van der Waals surface area contributed by atoms with E-state index in [2.05, 4.69) is 20.6 Å². The van der Waals surface area contributed by atoms with Crippen molar-refractivity contribution in [1.82, 2.24) is 20.2 Å². The molecule has 0 aliphatic heterocycles. The second kappa shape index (κ2) is 7.37. The third-order valence-electron chi connectivity index (χ3n) is 2.69. The summed E-state index contributed by atoms with van der Waals surface area (Å²) in [6, 6.07) is 6.68. The fraction of sp³-hybridized carbons (Fsp3) is 0.143. The monoisotopic (exact) mass is 319 g/mol. The number of carbonyl (C=O) groups excluding carboxylic acids is 1. The van der Waals surface area contributed by atoms with E-state index in [0.717, 1.165) is 0 Å². The van der Waals surface area contributed by atoms with E-state index in [1.807, 2.05) is 0 Å². The fourth-order valence-corrected chi connectivity index (χ4v) is 1.89. The Morgan fingerprint density at radius 3 is 2.73 bits per heavy atom. The van der Waals surface area contributed by atoms with Crippen molar-refractivity contribution in [2.24, 2.45) is 5.10 Å². The number of aliphatic hydroxyl groups excluding tert-OH is 1. The quantitative estimate of drug-likeness (QED) is 0.500. The molecule has 2 rings (SSSR count). The van der Waals surface area contributed by atoms with Gasteiger partial charge in [0.15, 0.2) is 0 Å². The van der Waals surface area contributed by atoms with Gasteiger partial charge in [-0.05, 0) is 19.1 Å². The molecule has 0 spiro atoms. The topological polar surface area (TPSA) is 92.4 Å². The zero-order valence-corrected chi connectivity index (χ0v) is 12.5. The molecule has 0 radical (unpaired) electrons. The Bertz CT molecular complexity index is 710. The number of halogens is 1. The zero-order valence-electron chi connectivity index (χ0n) is 11.8. The van der Waals surface area contributed by atoms with Crippen molar-refractivity contribution in [3.63, 3.8) is 0 Å². The standard InChI is InChI=1S/C14H14ClN5O2/c1-2-16-14(22)11(7-19-20-8-17-18-9-20)13(21)10-5-3-4-6-12(10)15/h3-9,21H,2H2,1H3,(H,16,22)/b13-11+,19-7+. The van der Waals surface area contributed by atoms with E-state index in [4.69, 9.17) is 11.6 Å². The third-order valence-corrected chi connectivity index (χ3v) is 3.02. The lowest BCUT2D eigenvalue weighted by Gasteiger charge is -2.08. The second-order valence-electron chi connectivity index (χ2n) is 4.19. The molecule has 0 aliphatic rings. The highest BCUT2D eigenvalue weighted by atomic mass is 35.5. The van der Waals surface area contributed by atoms with Crippen LogP contribution in [0.25, 0.3) is 5.76 Å². The number of aliphatic hydroxyl groups is 1. The molecule has 0 bridgehead atoms. The zero-order chi connectivity index (χ0) is 15.9. The van der Waals surface area contributed by atoms with Crippen LogP contribution in [-0.2, 0) is 4.79 Å². The highest BCUT2D eigenvalue weighted by Gasteiger charge is 2.16. The Hall–Kier alpha value is -2.67. The second-order valence-corrected chi connectivity index (χ2v) is 4.60. The van der Waals surface area contributed by atoms with Crippen molar-refractivity contribution in [2.75, 3.05) is 6.54 Å². The first-order valence-electron chi connectivity index (χ1n) is 6.48. The van der Waals surface area contributed by atoms with Crippen LogP contribution in [-0.4, -0.2) is 38.6 Å². The summed E-state index contributed by atoms with van der Waals surface area (Å²) in [6.07, 6.45) is 3.95. The lowest BCUT2D eigenvalue weighted by Crippen LogP contribution is -2.26. The van der Waals surface area contributed by atoms with Gasteiger partial charge >= 0.3 is 0 Å². The number of amides is 1. The molecule has 1 amide bonds. The van der Waals surface area contributed by atoms with E-state index < -0.39 is 5.91 Å². The van der Waals surface area contributed by atoms with Crippen LogP contribution in [0.15, 0.2) is 47.6 Å². The van der Waals surface area contributed by atoms with Crippen LogP contribution in [0, 0.1) is 0 Å². The van der Waals surface area contributed by atoms with Gasteiger partial charge in [-0.3, -0.25) is 4.79 Å². The van der Waals surface area contributed by atoms with Crippen molar-refractivity contribution in [3.05, 3.63) is 53.1 Å². The molecule has 0 aliphatic carbocycles. The Morgan fingerprint density at radius 1 is 1.41 bits per heavy atom. The van der Waals surface area contributed by atoms with Crippen LogP contribution in [0.5, 0.6) is 0 Å². The summed E-state index contributed by atoms with van der Waals surface area (Å²) in [5.74, 6) is -0.717. The van der Waals surface area contributed by atoms with Gasteiger partial charge in [-0.15, -0.1) is 10.2 Å². The summed E-state index contributed by atoms with van der Waals surface area (Å²) in [5, 5.41) is 24.5. The van der Waals surface area contributed by atoms with Gasteiger partial charge in [0, 0.05) is 12.1 Å². The molecule has 22 heavy (non-hydrogen) atoms. The predicted octanol–water partition coefficient (Wildman–Crippen LogP) is 1.87. The minimum Gasteiger partial charge on any atom is -0.506 e. The highest BCUT2D eigenvalue weighted by molar-refractivity contribution is 6.32. The van der Waals surface area contributed by atoms with Gasteiger partial charge in [-0.1, -0.05) is 23.7 Å². The molecular formula is C14H14ClN5O2. The van der Waals surface area contributed by atoms with Crippen molar-refractivity contribution < 1.29 is 9.90 Å². The van der Waals surface area contributed by atoms with Crippen molar-refractivity contribution >= 4 is 29.5 Å². The maximum atomic E-state index is 12.1. The summed E-state index contributed by atoms with van der Waals surface area (Å²) in [6.45, 7) is 2.19. The summed E-state index contributed by atoms with van der Waals surface area (Å²) >= 11 is 6.05. The Labute approximate surface area is 131 Å². The Morgan fingerprint density at radius 2 is 2.09 bits per heavy atom. The molecule has 1 heterocycles. The summed E-state index contributed by atoms with van der Waals surface area (Å²) in [4.78, 5) is 12.1.